The van der Waals surface area contributed by atoms with Crippen LogP contribution in [0.25, 0.3) is 0 Å². The summed E-state index contributed by atoms with van der Waals surface area (Å²) >= 11 is 0. The molecule has 0 radical (unpaired) electrons. The van der Waals surface area contributed by atoms with Gasteiger partial charge in [-0.2, -0.15) is 0 Å². The highest BCUT2D eigenvalue weighted by Crippen LogP contribution is 2.31. The van der Waals surface area contributed by atoms with Crippen molar-refractivity contribution in [2.24, 2.45) is 5.92 Å². The molecule has 1 atom stereocenters. The molecule has 0 spiro atoms. The fourth-order valence-electron chi connectivity index (χ4n) is 3.09. The third kappa shape index (κ3) is 4.01. The number of hydrogen-bond donors (Lipinski definition) is 1. The van der Waals surface area contributed by atoms with Crippen molar-refractivity contribution in [2.75, 3.05) is 18.4 Å². The molecule has 3 rings (SSSR count). The largest absolute Gasteiger partial charge is 0.309 e. The molecule has 1 fully saturated rings. The van der Waals surface area contributed by atoms with E-state index in [0.717, 1.165) is 36.8 Å². The number of rotatable bonds is 5. The van der Waals surface area contributed by atoms with Gasteiger partial charge in [-0.1, -0.05) is 13.8 Å². The van der Waals surface area contributed by atoms with Crippen LogP contribution in [0.15, 0.2) is 24.5 Å². The van der Waals surface area contributed by atoms with Gasteiger partial charge in [0.1, 0.15) is 11.6 Å². The molecular weight excluding hydrogens is 288 g/mol. The quantitative estimate of drug-likeness (QED) is 0.915. The third-order valence-corrected chi connectivity index (χ3v) is 3.94. The molecule has 122 valence electrons. The molecule has 1 N–H and O–H groups in total. The van der Waals surface area contributed by atoms with E-state index in [2.05, 4.69) is 39.0 Å². The molecule has 1 unspecified atom stereocenters. The number of likely N-dealkylation sites (tertiary alicyclic amines) is 1. The van der Waals surface area contributed by atoms with E-state index in [9.17, 15) is 0 Å². The number of anilines is 2. The highest BCUT2D eigenvalue weighted by molar-refractivity contribution is 5.47. The van der Waals surface area contributed by atoms with Gasteiger partial charge in [0.25, 0.3) is 0 Å². The Morgan fingerprint density at radius 3 is 2.78 bits per heavy atom. The molecule has 23 heavy (non-hydrogen) atoms. The van der Waals surface area contributed by atoms with E-state index < -0.39 is 0 Å². The zero-order valence-corrected chi connectivity index (χ0v) is 14.0. The zero-order chi connectivity index (χ0) is 16.2. The van der Waals surface area contributed by atoms with Crippen LogP contribution in [0.3, 0.4) is 0 Å². The number of hydrogen-bond acceptors (Lipinski definition) is 6. The summed E-state index contributed by atoms with van der Waals surface area (Å²) in [5.41, 5.74) is 0.963. The Balaban J connectivity index is 1.82. The van der Waals surface area contributed by atoms with E-state index in [1.165, 1.54) is 6.42 Å². The zero-order valence-electron chi connectivity index (χ0n) is 14.0. The van der Waals surface area contributed by atoms with Crippen LogP contribution in [0.2, 0.25) is 0 Å². The van der Waals surface area contributed by atoms with Gasteiger partial charge in [-0.3, -0.25) is 4.90 Å². The second kappa shape index (κ2) is 7.00. The minimum Gasteiger partial charge on any atom is -0.309 e. The average molecular weight is 312 g/mol. The lowest BCUT2D eigenvalue weighted by atomic mass is 10.1. The first-order valence-corrected chi connectivity index (χ1v) is 8.25. The maximum Gasteiger partial charge on any atom is 0.228 e. The predicted molar refractivity (Wildman–Crippen MR) is 90.5 cm³/mol. The number of nitrogens with one attached hydrogen (secondary N) is 1. The van der Waals surface area contributed by atoms with Gasteiger partial charge in [0.15, 0.2) is 0 Å². The van der Waals surface area contributed by atoms with E-state index in [4.69, 9.17) is 4.98 Å². The summed E-state index contributed by atoms with van der Waals surface area (Å²) in [5.74, 6) is 2.87. The van der Waals surface area contributed by atoms with Gasteiger partial charge in [0.05, 0.1) is 6.04 Å². The van der Waals surface area contributed by atoms with Crippen LogP contribution in [-0.4, -0.2) is 37.9 Å². The number of aryl methyl sites for hydroxylation is 1. The first-order chi connectivity index (χ1) is 11.1. The minimum atomic E-state index is 0.314. The second-order valence-corrected chi connectivity index (χ2v) is 6.50. The Kier molecular flexibility index (Phi) is 4.81. The van der Waals surface area contributed by atoms with E-state index in [1.807, 2.05) is 13.0 Å². The van der Waals surface area contributed by atoms with Crippen molar-refractivity contribution < 1.29 is 0 Å². The van der Waals surface area contributed by atoms with Gasteiger partial charge in [-0.15, -0.1) is 0 Å². The lowest BCUT2D eigenvalue weighted by Crippen LogP contribution is -2.28. The standard InChI is InChI=1S/C17H24N6/c1-12(2)11-23-9-4-6-14(23)16-20-13(3)10-15(21-16)22-17-18-7-5-8-19-17/h5,7-8,10,12,14H,4,6,9,11H2,1-3H3,(H,18,19,20,21,22). The van der Waals surface area contributed by atoms with E-state index in [-0.39, 0.29) is 0 Å². The molecule has 6 nitrogen and oxygen atoms in total. The normalized spacial score (nSPS) is 18.5. The first-order valence-electron chi connectivity index (χ1n) is 8.25. The van der Waals surface area contributed by atoms with Gasteiger partial charge in [-0.05, 0) is 38.3 Å². The molecule has 6 heteroatoms. The minimum absolute atomic E-state index is 0.314. The lowest BCUT2D eigenvalue weighted by Gasteiger charge is -2.25. The fraction of sp³-hybridized carbons (Fsp3) is 0.529. The van der Waals surface area contributed by atoms with Gasteiger partial charge in [0, 0.05) is 30.7 Å². The van der Waals surface area contributed by atoms with E-state index in [0.29, 0.717) is 17.9 Å². The van der Waals surface area contributed by atoms with Crippen molar-refractivity contribution in [1.29, 1.82) is 0 Å². The molecule has 3 heterocycles. The van der Waals surface area contributed by atoms with Gasteiger partial charge in [0.2, 0.25) is 5.95 Å². The first kappa shape index (κ1) is 15.8. The van der Waals surface area contributed by atoms with Crippen LogP contribution in [0.1, 0.15) is 44.2 Å². The predicted octanol–water partition coefficient (Wildman–Crippen LogP) is 3.11. The number of aromatic nitrogens is 4. The van der Waals surface area contributed by atoms with Crippen LogP contribution in [-0.2, 0) is 0 Å². The molecule has 0 bridgehead atoms. The molecule has 0 saturated carbocycles. The monoisotopic (exact) mass is 312 g/mol. The van der Waals surface area contributed by atoms with Crippen molar-refractivity contribution in [2.45, 2.75) is 39.7 Å². The molecule has 1 saturated heterocycles. The average Bonchev–Trinajstić information content (AvgIpc) is 2.95. The topological polar surface area (TPSA) is 66.8 Å². The van der Waals surface area contributed by atoms with Crippen molar-refractivity contribution in [3.8, 4) is 0 Å². The fourth-order valence-corrected chi connectivity index (χ4v) is 3.09. The molecule has 1 aliphatic rings. The smallest absolute Gasteiger partial charge is 0.228 e. The van der Waals surface area contributed by atoms with Gasteiger partial charge in [-0.25, -0.2) is 19.9 Å². The Labute approximate surface area is 137 Å². The van der Waals surface area contributed by atoms with Crippen molar-refractivity contribution in [3.63, 3.8) is 0 Å². The highest BCUT2D eigenvalue weighted by Gasteiger charge is 2.28. The van der Waals surface area contributed by atoms with E-state index >= 15 is 0 Å². The lowest BCUT2D eigenvalue weighted by molar-refractivity contribution is 0.221. The molecule has 1 aliphatic heterocycles. The summed E-state index contributed by atoms with van der Waals surface area (Å²) in [6.07, 6.45) is 5.76. The van der Waals surface area contributed by atoms with Crippen LogP contribution in [0, 0.1) is 12.8 Å². The number of nitrogens with zero attached hydrogens (tertiary/aromatic N) is 5. The third-order valence-electron chi connectivity index (χ3n) is 3.94. The Morgan fingerprint density at radius 2 is 2.04 bits per heavy atom. The molecule has 0 aromatic carbocycles. The van der Waals surface area contributed by atoms with Crippen LogP contribution >= 0.6 is 0 Å². The van der Waals surface area contributed by atoms with Crippen molar-refractivity contribution >= 4 is 11.8 Å². The Hall–Kier alpha value is -2.08. The van der Waals surface area contributed by atoms with Crippen LogP contribution < -0.4 is 5.32 Å². The van der Waals surface area contributed by atoms with Gasteiger partial charge >= 0.3 is 0 Å². The summed E-state index contributed by atoms with van der Waals surface area (Å²) < 4.78 is 0. The summed E-state index contributed by atoms with van der Waals surface area (Å²) in [7, 11) is 0. The molecule has 2 aromatic heterocycles. The van der Waals surface area contributed by atoms with Crippen molar-refractivity contribution in [1.82, 2.24) is 24.8 Å². The van der Waals surface area contributed by atoms with Crippen LogP contribution in [0.4, 0.5) is 11.8 Å². The van der Waals surface area contributed by atoms with Gasteiger partial charge < -0.3 is 5.32 Å². The molecular formula is C17H24N6. The second-order valence-electron chi connectivity index (χ2n) is 6.50. The maximum atomic E-state index is 4.72. The maximum absolute atomic E-state index is 4.72. The SMILES string of the molecule is Cc1cc(Nc2ncccn2)nc(C2CCCN2CC(C)C)n1. The summed E-state index contributed by atoms with van der Waals surface area (Å²) in [6, 6.07) is 4.04. The summed E-state index contributed by atoms with van der Waals surface area (Å²) in [5, 5.41) is 3.17. The summed E-state index contributed by atoms with van der Waals surface area (Å²) in [4.78, 5) is 20.3. The summed E-state index contributed by atoms with van der Waals surface area (Å²) in [6.45, 7) is 8.74. The van der Waals surface area contributed by atoms with E-state index in [1.54, 1.807) is 18.5 Å². The highest BCUT2D eigenvalue weighted by atomic mass is 15.2. The molecule has 0 amide bonds. The molecule has 2 aromatic rings. The Morgan fingerprint density at radius 1 is 1.26 bits per heavy atom. The molecule has 0 aliphatic carbocycles. The van der Waals surface area contributed by atoms with Crippen molar-refractivity contribution in [3.05, 3.63) is 36.0 Å². The van der Waals surface area contributed by atoms with Crippen LogP contribution in [0.5, 0.6) is 0 Å². The Bertz CT molecular complexity index is 643.